The highest BCUT2D eigenvalue weighted by Gasteiger charge is 2.28. The van der Waals surface area contributed by atoms with Gasteiger partial charge < -0.3 is 15.7 Å². The van der Waals surface area contributed by atoms with Gasteiger partial charge in [-0.1, -0.05) is 6.07 Å². The van der Waals surface area contributed by atoms with Crippen molar-refractivity contribution in [3.63, 3.8) is 0 Å². The van der Waals surface area contributed by atoms with Crippen molar-refractivity contribution in [1.29, 1.82) is 0 Å². The fraction of sp³-hybridized carbons (Fsp3) is 0.538. The van der Waals surface area contributed by atoms with E-state index in [4.69, 9.17) is 5.73 Å². The molecule has 0 aliphatic heterocycles. The first kappa shape index (κ1) is 12.3. The second kappa shape index (κ2) is 5.02. The number of hydrogen-bond acceptors (Lipinski definition) is 3. The molecule has 0 saturated heterocycles. The van der Waals surface area contributed by atoms with Crippen molar-refractivity contribution >= 4 is 5.69 Å². The summed E-state index contributed by atoms with van der Waals surface area (Å²) in [5, 5.41) is 9.22. The van der Waals surface area contributed by atoms with Crippen LogP contribution in [0.1, 0.15) is 18.4 Å². The molecule has 94 valence electrons. The van der Waals surface area contributed by atoms with Crippen LogP contribution in [-0.4, -0.2) is 24.8 Å². The van der Waals surface area contributed by atoms with Gasteiger partial charge in [-0.15, -0.1) is 0 Å². The molecule has 1 aliphatic carbocycles. The molecule has 4 heteroatoms. The van der Waals surface area contributed by atoms with Crippen molar-refractivity contribution < 1.29 is 9.50 Å². The van der Waals surface area contributed by atoms with Gasteiger partial charge >= 0.3 is 0 Å². The van der Waals surface area contributed by atoms with E-state index in [-0.39, 0.29) is 11.9 Å². The number of nitrogens with two attached hydrogens (primary N) is 1. The van der Waals surface area contributed by atoms with Crippen molar-refractivity contribution in [2.45, 2.75) is 25.5 Å². The average Bonchev–Trinajstić information content (AvgIpc) is 2.26. The summed E-state index contributed by atoms with van der Waals surface area (Å²) < 4.78 is 13.8. The molecule has 0 radical (unpaired) electrons. The molecule has 3 N–H and O–H groups in total. The lowest BCUT2D eigenvalue weighted by Crippen LogP contribution is -2.37. The van der Waals surface area contributed by atoms with E-state index >= 15 is 0 Å². The van der Waals surface area contributed by atoms with E-state index in [9.17, 15) is 9.50 Å². The topological polar surface area (TPSA) is 49.5 Å². The number of rotatable bonds is 4. The monoisotopic (exact) mass is 238 g/mol. The van der Waals surface area contributed by atoms with Crippen LogP contribution in [0.25, 0.3) is 0 Å². The highest BCUT2D eigenvalue weighted by atomic mass is 19.1. The van der Waals surface area contributed by atoms with E-state index in [1.54, 1.807) is 6.07 Å². The summed E-state index contributed by atoms with van der Waals surface area (Å²) in [7, 11) is 1.88. The number of halogens is 1. The Hall–Kier alpha value is -1.13. The Morgan fingerprint density at radius 3 is 2.71 bits per heavy atom. The van der Waals surface area contributed by atoms with E-state index in [2.05, 4.69) is 0 Å². The maximum absolute atomic E-state index is 13.8. The Balaban J connectivity index is 2.01. The molecule has 0 aromatic heterocycles. The number of aliphatic hydroxyl groups excluding tert-OH is 1. The molecule has 1 aliphatic rings. The van der Waals surface area contributed by atoms with Crippen LogP contribution < -0.4 is 10.6 Å². The van der Waals surface area contributed by atoms with E-state index in [0.29, 0.717) is 18.2 Å². The van der Waals surface area contributed by atoms with Crippen molar-refractivity contribution in [3.8, 4) is 0 Å². The minimum atomic E-state index is -0.227. The third-order valence-corrected chi connectivity index (χ3v) is 3.40. The molecule has 0 spiro atoms. The molecule has 2 rings (SSSR count). The van der Waals surface area contributed by atoms with Gasteiger partial charge in [0.2, 0.25) is 0 Å². The highest BCUT2D eigenvalue weighted by Crippen LogP contribution is 2.29. The van der Waals surface area contributed by atoms with E-state index in [1.165, 1.54) is 6.07 Å². The Labute approximate surface area is 101 Å². The maximum atomic E-state index is 13.8. The Bertz CT molecular complexity index is 391. The molecule has 0 amide bonds. The lowest BCUT2D eigenvalue weighted by molar-refractivity contribution is 0.0464. The zero-order valence-corrected chi connectivity index (χ0v) is 10.1. The van der Waals surface area contributed by atoms with Crippen molar-refractivity contribution in [1.82, 2.24) is 0 Å². The Kier molecular flexibility index (Phi) is 3.64. The van der Waals surface area contributed by atoms with Crippen LogP contribution in [0.3, 0.4) is 0 Å². The lowest BCUT2D eigenvalue weighted by atomic mass is 9.82. The van der Waals surface area contributed by atoms with Crippen LogP contribution >= 0.6 is 0 Å². The van der Waals surface area contributed by atoms with Gasteiger partial charge in [-0.25, -0.2) is 4.39 Å². The van der Waals surface area contributed by atoms with E-state index in [0.717, 1.165) is 24.9 Å². The van der Waals surface area contributed by atoms with E-state index < -0.39 is 0 Å². The molecule has 1 aromatic rings. The minimum absolute atomic E-state index is 0.155. The number of aliphatic hydroxyl groups is 1. The largest absolute Gasteiger partial charge is 0.393 e. The zero-order valence-electron chi connectivity index (χ0n) is 10.1. The summed E-state index contributed by atoms with van der Waals surface area (Å²) in [5.74, 6) is 0.249. The lowest BCUT2D eigenvalue weighted by Gasteiger charge is -2.35. The van der Waals surface area contributed by atoms with Crippen molar-refractivity contribution in [2.24, 2.45) is 11.7 Å². The molecule has 0 heterocycles. The van der Waals surface area contributed by atoms with Gasteiger partial charge in [0.25, 0.3) is 0 Å². The number of hydrogen-bond donors (Lipinski definition) is 2. The predicted octanol–water partition coefficient (Wildman–Crippen LogP) is 1.49. The molecule has 17 heavy (non-hydrogen) atoms. The summed E-state index contributed by atoms with van der Waals surface area (Å²) in [6.45, 7) is 1.14. The fourth-order valence-corrected chi connectivity index (χ4v) is 2.32. The summed E-state index contributed by atoms with van der Waals surface area (Å²) in [6, 6.07) is 5.11. The van der Waals surface area contributed by atoms with Gasteiger partial charge in [-0.3, -0.25) is 0 Å². The Morgan fingerprint density at radius 1 is 1.47 bits per heavy atom. The first-order valence-electron chi connectivity index (χ1n) is 5.98. The predicted molar refractivity (Wildman–Crippen MR) is 66.3 cm³/mol. The molecular formula is C13H19FN2O. The first-order chi connectivity index (χ1) is 8.10. The number of nitrogens with zero attached hydrogens (tertiary/aromatic N) is 1. The van der Waals surface area contributed by atoms with Crippen LogP contribution in [0.5, 0.6) is 0 Å². The standard InChI is InChI=1S/C13H19FN2O/c1-16(8-10-4-11(17)5-10)13-3-2-9(7-15)6-12(13)14/h2-3,6,10-11,17H,4-5,7-8,15H2,1H3. The molecular weight excluding hydrogens is 219 g/mol. The molecule has 1 fully saturated rings. The second-order valence-electron chi connectivity index (χ2n) is 4.86. The van der Waals surface area contributed by atoms with Crippen LogP contribution in [0.4, 0.5) is 10.1 Å². The summed E-state index contributed by atoms with van der Waals surface area (Å²) >= 11 is 0. The summed E-state index contributed by atoms with van der Waals surface area (Å²) in [5.41, 5.74) is 6.87. The zero-order chi connectivity index (χ0) is 12.4. The van der Waals surface area contributed by atoms with Crippen LogP contribution in [0.15, 0.2) is 18.2 Å². The molecule has 1 aromatic carbocycles. The maximum Gasteiger partial charge on any atom is 0.146 e. The van der Waals surface area contributed by atoms with Gasteiger partial charge in [0.05, 0.1) is 11.8 Å². The highest BCUT2D eigenvalue weighted by molar-refractivity contribution is 5.48. The van der Waals surface area contributed by atoms with Crippen molar-refractivity contribution in [3.05, 3.63) is 29.6 Å². The average molecular weight is 238 g/mol. The number of benzene rings is 1. The third-order valence-electron chi connectivity index (χ3n) is 3.40. The van der Waals surface area contributed by atoms with E-state index in [1.807, 2.05) is 18.0 Å². The summed E-state index contributed by atoms with van der Waals surface area (Å²) in [4.78, 5) is 1.91. The molecule has 0 atom stereocenters. The summed E-state index contributed by atoms with van der Waals surface area (Å²) in [6.07, 6.45) is 1.50. The van der Waals surface area contributed by atoms with Crippen LogP contribution in [0, 0.1) is 11.7 Å². The quantitative estimate of drug-likeness (QED) is 0.835. The van der Waals surface area contributed by atoms with Gasteiger partial charge in [0.15, 0.2) is 0 Å². The number of anilines is 1. The van der Waals surface area contributed by atoms with Gasteiger partial charge in [-0.2, -0.15) is 0 Å². The van der Waals surface area contributed by atoms with Crippen molar-refractivity contribution in [2.75, 3.05) is 18.5 Å². The van der Waals surface area contributed by atoms with Gasteiger partial charge in [0, 0.05) is 20.1 Å². The first-order valence-corrected chi connectivity index (χ1v) is 5.98. The smallest absolute Gasteiger partial charge is 0.146 e. The SMILES string of the molecule is CN(CC1CC(O)C1)c1ccc(CN)cc1F. The fourth-order valence-electron chi connectivity index (χ4n) is 2.32. The van der Waals surface area contributed by atoms with Crippen LogP contribution in [-0.2, 0) is 6.54 Å². The van der Waals surface area contributed by atoms with Gasteiger partial charge in [0.1, 0.15) is 5.82 Å². The molecule has 3 nitrogen and oxygen atoms in total. The molecule has 0 bridgehead atoms. The Morgan fingerprint density at radius 2 is 2.18 bits per heavy atom. The normalized spacial score (nSPS) is 23.3. The third kappa shape index (κ3) is 2.76. The van der Waals surface area contributed by atoms with Crippen LogP contribution in [0.2, 0.25) is 0 Å². The molecule has 0 unspecified atom stereocenters. The second-order valence-corrected chi connectivity index (χ2v) is 4.86. The van der Waals surface area contributed by atoms with Gasteiger partial charge in [-0.05, 0) is 36.5 Å². The molecule has 1 saturated carbocycles. The minimum Gasteiger partial charge on any atom is -0.393 e.